The van der Waals surface area contributed by atoms with Crippen molar-refractivity contribution < 1.29 is 31.3 Å². The van der Waals surface area contributed by atoms with Crippen LogP contribution in [0.4, 0.5) is 8.78 Å². The van der Waals surface area contributed by atoms with Crippen LogP contribution < -0.4 is 0 Å². The molecule has 0 rings (SSSR count). The summed E-state index contributed by atoms with van der Waals surface area (Å²) >= 11 is 0. The molecule has 0 bridgehead atoms. The maximum Gasteiger partial charge on any atom is 0.369 e. The van der Waals surface area contributed by atoms with E-state index >= 15 is 0 Å². The van der Waals surface area contributed by atoms with Crippen molar-refractivity contribution >= 4 is 16.1 Å². The Hall–Kier alpha value is -0.760. The summed E-state index contributed by atoms with van der Waals surface area (Å²) in [5.41, 5.74) is 0. The predicted octanol–water partition coefficient (Wildman–Crippen LogP) is 1.10. The number of hydrogen-bond donors (Lipinski definition) is 0. The van der Waals surface area contributed by atoms with Crippen LogP contribution in [-0.4, -0.2) is 30.3 Å². The van der Waals surface area contributed by atoms with E-state index in [2.05, 4.69) is 4.74 Å². The van der Waals surface area contributed by atoms with Crippen LogP contribution in [0.3, 0.4) is 0 Å². The molecular weight excluding hydrogens is 246 g/mol. The number of halogens is 2. The van der Waals surface area contributed by atoms with Gasteiger partial charge < -0.3 is 9.29 Å². The molecule has 0 aromatic rings. The van der Waals surface area contributed by atoms with Crippen LogP contribution >= 0.6 is 0 Å². The smallest absolute Gasteiger partial charge is 0.369 e. The minimum Gasteiger partial charge on any atom is -0.743 e. The van der Waals surface area contributed by atoms with Gasteiger partial charge in [-0.05, 0) is 13.3 Å². The molecule has 0 aliphatic rings. The van der Waals surface area contributed by atoms with Gasteiger partial charge in [0.25, 0.3) is 0 Å². The maximum absolute atomic E-state index is 12.9. The third kappa shape index (κ3) is 3.38. The van der Waals surface area contributed by atoms with Gasteiger partial charge in [0, 0.05) is 0 Å². The Labute approximate surface area is 92.5 Å². The van der Waals surface area contributed by atoms with Gasteiger partial charge in [0.15, 0.2) is 16.2 Å². The average molecular weight is 259 g/mol. The fraction of sp³-hybridized carbons (Fsp3) is 0.875. The molecule has 2 atom stereocenters. The first-order chi connectivity index (χ1) is 7.04. The molecule has 16 heavy (non-hydrogen) atoms. The fourth-order valence-electron chi connectivity index (χ4n) is 0.729. The van der Waals surface area contributed by atoms with Gasteiger partial charge in [-0.1, -0.05) is 13.8 Å². The van der Waals surface area contributed by atoms with Crippen LogP contribution in [0.15, 0.2) is 0 Å². The van der Waals surface area contributed by atoms with E-state index in [1.54, 1.807) is 6.92 Å². The van der Waals surface area contributed by atoms with Crippen molar-refractivity contribution in [3.63, 3.8) is 0 Å². The molecule has 5 nitrogen and oxygen atoms in total. The van der Waals surface area contributed by atoms with Crippen LogP contribution in [0, 0.1) is 5.92 Å². The Morgan fingerprint density at radius 2 is 1.88 bits per heavy atom. The standard InChI is InChI=1S/C8H14F2O5S/c1-4-5(2)7(11)15-6(3)8(9,10)16(12,13)14/h5-6H,4H2,1-3H3,(H,12,13,14)/p-1. The van der Waals surface area contributed by atoms with E-state index < -0.39 is 33.4 Å². The molecule has 0 heterocycles. The second-order valence-corrected chi connectivity index (χ2v) is 4.86. The minimum atomic E-state index is -5.84. The maximum atomic E-state index is 12.9. The number of esters is 1. The van der Waals surface area contributed by atoms with Gasteiger partial charge in [0.1, 0.15) is 0 Å². The molecular formula is C8H13F2O5S-. The van der Waals surface area contributed by atoms with Gasteiger partial charge in [-0.25, -0.2) is 8.42 Å². The molecule has 0 amide bonds. The molecule has 0 fully saturated rings. The zero-order chi connectivity index (χ0) is 13.1. The Kier molecular flexibility index (Phi) is 4.81. The van der Waals surface area contributed by atoms with E-state index in [9.17, 15) is 26.5 Å². The van der Waals surface area contributed by atoms with Crippen molar-refractivity contribution in [2.24, 2.45) is 5.92 Å². The number of carbonyl (C=O) groups excluding carboxylic acids is 1. The summed E-state index contributed by atoms with van der Waals surface area (Å²) in [7, 11) is -5.84. The molecule has 0 aromatic heterocycles. The lowest BCUT2D eigenvalue weighted by atomic mass is 10.1. The highest BCUT2D eigenvalue weighted by molar-refractivity contribution is 7.86. The zero-order valence-electron chi connectivity index (χ0n) is 9.07. The summed E-state index contributed by atoms with van der Waals surface area (Å²) in [6.07, 6.45) is -1.93. The third-order valence-electron chi connectivity index (χ3n) is 2.11. The van der Waals surface area contributed by atoms with Gasteiger partial charge in [0.2, 0.25) is 0 Å². The van der Waals surface area contributed by atoms with Gasteiger partial charge in [-0.2, -0.15) is 8.78 Å². The third-order valence-corrected chi connectivity index (χ3v) is 3.11. The van der Waals surface area contributed by atoms with Crippen LogP contribution in [0.2, 0.25) is 0 Å². The first kappa shape index (κ1) is 15.2. The molecule has 0 N–H and O–H groups in total. The van der Waals surface area contributed by atoms with Gasteiger partial charge >= 0.3 is 11.2 Å². The van der Waals surface area contributed by atoms with E-state index in [4.69, 9.17) is 0 Å². The fourth-order valence-corrected chi connectivity index (χ4v) is 1.18. The van der Waals surface area contributed by atoms with E-state index in [1.165, 1.54) is 6.92 Å². The number of ether oxygens (including phenoxy) is 1. The molecule has 2 unspecified atom stereocenters. The summed E-state index contributed by atoms with van der Waals surface area (Å²) in [5.74, 6) is -1.59. The Balaban J connectivity index is 4.72. The van der Waals surface area contributed by atoms with Crippen molar-refractivity contribution in [2.45, 2.75) is 38.6 Å². The van der Waals surface area contributed by atoms with E-state index in [0.717, 1.165) is 0 Å². The molecule has 0 spiro atoms. The highest BCUT2D eigenvalue weighted by atomic mass is 32.2. The lowest BCUT2D eigenvalue weighted by Gasteiger charge is -2.26. The normalized spacial score (nSPS) is 16.6. The Morgan fingerprint density at radius 3 is 2.19 bits per heavy atom. The number of alkyl halides is 2. The molecule has 0 aliphatic carbocycles. The molecule has 0 aromatic carbocycles. The lowest BCUT2D eigenvalue weighted by Crippen LogP contribution is -2.42. The van der Waals surface area contributed by atoms with Crippen molar-refractivity contribution in [3.05, 3.63) is 0 Å². The Bertz CT molecular complexity index is 351. The first-order valence-electron chi connectivity index (χ1n) is 4.57. The second kappa shape index (κ2) is 5.05. The molecule has 0 aliphatic heterocycles. The molecule has 0 radical (unpaired) electrons. The topological polar surface area (TPSA) is 83.5 Å². The largest absolute Gasteiger partial charge is 0.743 e. The molecule has 0 saturated carbocycles. The number of carbonyl (C=O) groups is 1. The quantitative estimate of drug-likeness (QED) is 0.545. The highest BCUT2D eigenvalue weighted by Crippen LogP contribution is 2.27. The van der Waals surface area contributed by atoms with Crippen molar-refractivity contribution in [3.8, 4) is 0 Å². The minimum absolute atomic E-state index is 0.362. The van der Waals surface area contributed by atoms with Crippen LogP contribution in [0.1, 0.15) is 27.2 Å². The predicted molar refractivity (Wildman–Crippen MR) is 49.7 cm³/mol. The summed E-state index contributed by atoms with van der Waals surface area (Å²) in [6, 6.07) is 0. The zero-order valence-corrected chi connectivity index (χ0v) is 9.88. The van der Waals surface area contributed by atoms with Gasteiger partial charge in [0.05, 0.1) is 5.92 Å². The second-order valence-electron chi connectivity index (χ2n) is 3.40. The van der Waals surface area contributed by atoms with E-state index in [0.29, 0.717) is 13.3 Å². The molecule has 8 heteroatoms. The Morgan fingerprint density at radius 1 is 1.44 bits per heavy atom. The SMILES string of the molecule is CCC(C)C(=O)OC(C)C(F)(F)S(=O)(=O)[O-]. The molecule has 96 valence electrons. The van der Waals surface area contributed by atoms with Crippen molar-refractivity contribution in [1.82, 2.24) is 0 Å². The van der Waals surface area contributed by atoms with E-state index in [-0.39, 0.29) is 0 Å². The number of rotatable bonds is 5. The highest BCUT2D eigenvalue weighted by Gasteiger charge is 2.46. The summed E-state index contributed by atoms with van der Waals surface area (Å²) in [5, 5.41) is -4.61. The van der Waals surface area contributed by atoms with E-state index in [1.807, 2.05) is 0 Å². The summed E-state index contributed by atoms with van der Waals surface area (Å²) in [4.78, 5) is 11.1. The summed E-state index contributed by atoms with van der Waals surface area (Å²) in [6.45, 7) is 3.74. The van der Waals surface area contributed by atoms with Crippen molar-refractivity contribution in [1.29, 1.82) is 0 Å². The first-order valence-corrected chi connectivity index (χ1v) is 5.98. The van der Waals surface area contributed by atoms with Crippen molar-refractivity contribution in [2.75, 3.05) is 0 Å². The molecule has 0 saturated heterocycles. The lowest BCUT2D eigenvalue weighted by molar-refractivity contribution is -0.163. The average Bonchev–Trinajstić information content (AvgIpc) is 2.14. The van der Waals surface area contributed by atoms with Crippen LogP contribution in [0.25, 0.3) is 0 Å². The monoisotopic (exact) mass is 259 g/mol. The van der Waals surface area contributed by atoms with Gasteiger partial charge in [-0.3, -0.25) is 4.79 Å². The summed E-state index contributed by atoms with van der Waals surface area (Å²) < 4.78 is 60.6. The number of hydrogen-bond acceptors (Lipinski definition) is 5. The van der Waals surface area contributed by atoms with Gasteiger partial charge in [-0.15, -0.1) is 0 Å². The van der Waals surface area contributed by atoms with Crippen LogP contribution in [0.5, 0.6) is 0 Å². The van der Waals surface area contributed by atoms with Crippen LogP contribution in [-0.2, 0) is 19.6 Å².